The monoisotopic (exact) mass is 411 g/mol. The van der Waals surface area contributed by atoms with Crippen molar-refractivity contribution in [3.8, 4) is 11.6 Å². The summed E-state index contributed by atoms with van der Waals surface area (Å²) in [5.74, 6) is 0.850. The van der Waals surface area contributed by atoms with Crippen molar-refractivity contribution in [1.82, 2.24) is 24.8 Å². The zero-order chi connectivity index (χ0) is 20.8. The molecule has 8 nitrogen and oxygen atoms in total. The lowest BCUT2D eigenvalue weighted by atomic mass is 10.00. The molecule has 1 aliphatic rings. The summed E-state index contributed by atoms with van der Waals surface area (Å²) in [5.41, 5.74) is 3.12. The van der Waals surface area contributed by atoms with Crippen molar-refractivity contribution in [3.63, 3.8) is 0 Å². The van der Waals surface area contributed by atoms with Crippen LogP contribution < -0.4 is 0 Å². The molecule has 0 spiro atoms. The first-order valence-corrected chi connectivity index (χ1v) is 9.97. The molecule has 0 saturated carbocycles. The van der Waals surface area contributed by atoms with Crippen LogP contribution in [0.3, 0.4) is 0 Å². The molecule has 1 aromatic carbocycles. The van der Waals surface area contributed by atoms with Gasteiger partial charge in [0.25, 0.3) is 5.91 Å². The quantitative estimate of drug-likeness (QED) is 0.482. The number of furan rings is 1. The number of amides is 1. The van der Waals surface area contributed by atoms with Crippen molar-refractivity contribution in [1.29, 1.82) is 0 Å². The minimum absolute atomic E-state index is 0.153. The number of para-hydroxylation sites is 1. The molecule has 4 aromatic heterocycles. The van der Waals surface area contributed by atoms with E-state index in [-0.39, 0.29) is 11.7 Å². The number of carbonyl (C=O) groups is 1. The van der Waals surface area contributed by atoms with E-state index in [9.17, 15) is 4.79 Å². The van der Waals surface area contributed by atoms with E-state index in [1.54, 1.807) is 23.5 Å². The highest BCUT2D eigenvalue weighted by atomic mass is 16.4. The molecule has 0 unspecified atom stereocenters. The van der Waals surface area contributed by atoms with Crippen LogP contribution >= 0.6 is 0 Å². The molecule has 1 N–H and O–H groups in total. The van der Waals surface area contributed by atoms with E-state index in [1.165, 1.54) is 6.20 Å². The van der Waals surface area contributed by atoms with E-state index < -0.39 is 6.04 Å². The van der Waals surface area contributed by atoms with Gasteiger partial charge in [-0.05, 0) is 24.3 Å². The molecular formula is C23H17N5O3. The molecule has 31 heavy (non-hydrogen) atoms. The molecule has 5 aromatic rings. The average Bonchev–Trinajstić information content (AvgIpc) is 3.57. The molecule has 1 atom stereocenters. The Morgan fingerprint density at radius 3 is 2.84 bits per heavy atom. The molecular weight excluding hydrogens is 394 g/mol. The summed E-state index contributed by atoms with van der Waals surface area (Å²) in [4.78, 5) is 31.4. The van der Waals surface area contributed by atoms with Gasteiger partial charge in [-0.1, -0.05) is 24.3 Å². The first kappa shape index (κ1) is 17.6. The van der Waals surface area contributed by atoms with Crippen molar-refractivity contribution >= 4 is 16.9 Å². The van der Waals surface area contributed by atoms with E-state index in [0.717, 1.165) is 22.4 Å². The van der Waals surface area contributed by atoms with E-state index in [1.807, 2.05) is 42.5 Å². The van der Waals surface area contributed by atoms with Crippen molar-refractivity contribution in [2.75, 3.05) is 6.54 Å². The van der Waals surface area contributed by atoms with Crippen LogP contribution in [0.5, 0.6) is 0 Å². The van der Waals surface area contributed by atoms with Gasteiger partial charge in [-0.2, -0.15) is 0 Å². The van der Waals surface area contributed by atoms with E-state index >= 15 is 0 Å². The molecule has 6 rings (SSSR count). The molecule has 1 aliphatic heterocycles. The molecule has 0 aliphatic carbocycles. The Bertz CT molecular complexity index is 1350. The van der Waals surface area contributed by atoms with Crippen LogP contribution in [-0.4, -0.2) is 37.3 Å². The molecule has 152 valence electrons. The number of H-pyrrole nitrogens is 1. The number of fused-ring (bicyclic) bond motifs is 2. The topological polar surface area (TPSA) is 101 Å². The summed E-state index contributed by atoms with van der Waals surface area (Å²) in [5, 5.41) is 0.977. The number of aromatic amines is 1. The van der Waals surface area contributed by atoms with Gasteiger partial charge in [0, 0.05) is 30.2 Å². The minimum atomic E-state index is -0.460. The summed E-state index contributed by atoms with van der Waals surface area (Å²) in [6.07, 6.45) is 5.42. The van der Waals surface area contributed by atoms with Crippen LogP contribution in [0, 0.1) is 0 Å². The zero-order valence-corrected chi connectivity index (χ0v) is 16.4. The van der Waals surface area contributed by atoms with Crippen molar-refractivity contribution in [2.45, 2.75) is 12.5 Å². The second-order valence-corrected chi connectivity index (χ2v) is 7.35. The fourth-order valence-corrected chi connectivity index (χ4v) is 4.04. The molecule has 0 fully saturated rings. The Kier molecular flexibility index (Phi) is 3.95. The van der Waals surface area contributed by atoms with Crippen molar-refractivity contribution in [3.05, 3.63) is 90.2 Å². The van der Waals surface area contributed by atoms with Gasteiger partial charge in [0.2, 0.25) is 11.7 Å². The number of imidazole rings is 1. The second-order valence-electron chi connectivity index (χ2n) is 7.35. The zero-order valence-electron chi connectivity index (χ0n) is 16.4. The molecule has 0 saturated heterocycles. The first-order chi connectivity index (χ1) is 15.3. The van der Waals surface area contributed by atoms with Crippen molar-refractivity contribution < 1.29 is 13.6 Å². The van der Waals surface area contributed by atoms with E-state index in [4.69, 9.17) is 8.83 Å². The van der Waals surface area contributed by atoms with Gasteiger partial charge in [-0.15, -0.1) is 0 Å². The Labute approximate surface area is 176 Å². The number of hydrogen-bond acceptors (Lipinski definition) is 6. The Balaban J connectivity index is 1.40. The van der Waals surface area contributed by atoms with Crippen LogP contribution in [0.4, 0.5) is 0 Å². The number of pyridine rings is 1. The van der Waals surface area contributed by atoms with Gasteiger partial charge in [0.15, 0.2) is 0 Å². The smallest absolute Gasteiger partial charge is 0.292 e. The Morgan fingerprint density at radius 2 is 1.97 bits per heavy atom. The number of nitrogens with one attached hydrogen (secondary N) is 1. The third-order valence-electron chi connectivity index (χ3n) is 5.50. The highest BCUT2D eigenvalue weighted by molar-refractivity contribution is 5.92. The SMILES string of the molecule is O=C(c1cnc(-c2ccccn2)o1)N1CCc2[nH]cnc2[C@H]1c1cc2ccccc2o1. The summed E-state index contributed by atoms with van der Waals surface area (Å²) in [6, 6.07) is 14.7. The number of benzene rings is 1. The average molecular weight is 411 g/mol. The van der Waals surface area contributed by atoms with Crippen LogP contribution in [0.25, 0.3) is 22.6 Å². The van der Waals surface area contributed by atoms with Crippen LogP contribution in [-0.2, 0) is 6.42 Å². The standard InChI is InChI=1S/C23H17N5O3/c29-23(19-12-25-22(31-19)16-6-3-4-9-24-16)28-10-8-15-20(27-13-26-15)21(28)18-11-14-5-1-2-7-17(14)30-18/h1-7,9,11-13,21H,8,10H2,(H,26,27)/t21-/m1/s1. The van der Waals surface area contributed by atoms with E-state index in [2.05, 4.69) is 19.9 Å². The molecule has 0 radical (unpaired) electrons. The Hall–Kier alpha value is -4.20. The third-order valence-corrected chi connectivity index (χ3v) is 5.50. The van der Waals surface area contributed by atoms with Crippen LogP contribution in [0.15, 0.2) is 76.1 Å². The van der Waals surface area contributed by atoms with Gasteiger partial charge in [-0.3, -0.25) is 9.78 Å². The maximum Gasteiger partial charge on any atom is 0.292 e. The molecule has 0 bridgehead atoms. The minimum Gasteiger partial charge on any atom is -0.458 e. The van der Waals surface area contributed by atoms with Gasteiger partial charge >= 0.3 is 0 Å². The van der Waals surface area contributed by atoms with Gasteiger partial charge < -0.3 is 18.7 Å². The second kappa shape index (κ2) is 6.94. The lowest BCUT2D eigenvalue weighted by Gasteiger charge is -2.33. The van der Waals surface area contributed by atoms with Gasteiger partial charge in [0.1, 0.15) is 23.1 Å². The van der Waals surface area contributed by atoms with Crippen LogP contribution in [0.1, 0.15) is 33.7 Å². The lowest BCUT2D eigenvalue weighted by molar-refractivity contribution is 0.0641. The highest BCUT2D eigenvalue weighted by Gasteiger charge is 2.38. The predicted molar refractivity (Wildman–Crippen MR) is 111 cm³/mol. The number of hydrogen-bond donors (Lipinski definition) is 1. The van der Waals surface area contributed by atoms with Gasteiger partial charge in [0.05, 0.1) is 18.2 Å². The highest BCUT2D eigenvalue weighted by Crippen LogP contribution is 2.37. The fourth-order valence-electron chi connectivity index (χ4n) is 4.04. The summed E-state index contributed by atoms with van der Waals surface area (Å²) in [6.45, 7) is 0.495. The van der Waals surface area contributed by atoms with Gasteiger partial charge in [-0.25, -0.2) is 9.97 Å². The molecule has 5 heterocycles. The number of carbonyl (C=O) groups excluding carboxylic acids is 1. The maximum atomic E-state index is 13.5. The lowest BCUT2D eigenvalue weighted by Crippen LogP contribution is -2.40. The number of nitrogens with zero attached hydrogens (tertiary/aromatic N) is 4. The fraction of sp³-hybridized carbons (Fsp3) is 0.130. The molecule has 1 amide bonds. The van der Waals surface area contributed by atoms with Crippen molar-refractivity contribution in [2.24, 2.45) is 0 Å². The van der Waals surface area contributed by atoms with E-state index in [0.29, 0.717) is 30.3 Å². The molecule has 8 heteroatoms. The summed E-state index contributed by atoms with van der Waals surface area (Å²) >= 11 is 0. The van der Waals surface area contributed by atoms with Crippen LogP contribution in [0.2, 0.25) is 0 Å². The summed E-state index contributed by atoms with van der Waals surface area (Å²) < 4.78 is 11.9. The normalized spacial score (nSPS) is 15.9. The number of aromatic nitrogens is 4. The first-order valence-electron chi connectivity index (χ1n) is 9.97. The largest absolute Gasteiger partial charge is 0.458 e. The number of oxazole rings is 1. The Morgan fingerprint density at radius 1 is 1.06 bits per heavy atom. The predicted octanol–water partition coefficient (Wildman–Crippen LogP) is 3.99. The number of rotatable bonds is 3. The maximum absolute atomic E-state index is 13.5. The third kappa shape index (κ3) is 2.92. The summed E-state index contributed by atoms with van der Waals surface area (Å²) in [7, 11) is 0.